The predicted octanol–water partition coefficient (Wildman–Crippen LogP) is 4.01. The van der Waals surface area contributed by atoms with Gasteiger partial charge in [-0.15, -0.1) is 0 Å². The summed E-state index contributed by atoms with van der Waals surface area (Å²) in [5, 5.41) is 2.13. The molecule has 2 fully saturated rings. The second-order valence-electron chi connectivity index (χ2n) is 6.59. The Balaban J connectivity index is 1.89. The molecule has 1 saturated carbocycles. The van der Waals surface area contributed by atoms with Gasteiger partial charge in [-0.3, -0.25) is 4.84 Å². The van der Waals surface area contributed by atoms with Gasteiger partial charge in [-0.25, -0.2) is 0 Å². The van der Waals surface area contributed by atoms with Crippen LogP contribution in [0, 0.1) is 11.8 Å². The van der Waals surface area contributed by atoms with Gasteiger partial charge in [0.25, 0.3) is 0 Å². The Kier molecular flexibility index (Phi) is 4.14. The molecule has 3 unspecified atom stereocenters. The molecule has 0 radical (unpaired) electrons. The minimum Gasteiger partial charge on any atom is -0.293 e. The van der Waals surface area contributed by atoms with Crippen LogP contribution in [-0.4, -0.2) is 23.8 Å². The lowest BCUT2D eigenvalue weighted by Gasteiger charge is -2.35. The second-order valence-corrected chi connectivity index (χ2v) is 6.59. The van der Waals surface area contributed by atoms with E-state index in [1.807, 2.05) is 0 Å². The summed E-state index contributed by atoms with van der Waals surface area (Å²) in [4.78, 5) is 6.00. The molecule has 2 aliphatic rings. The summed E-state index contributed by atoms with van der Waals surface area (Å²) < 4.78 is 0. The molecule has 100 valence electrons. The minimum absolute atomic E-state index is 0.0584. The fourth-order valence-corrected chi connectivity index (χ4v) is 3.88. The Morgan fingerprint density at radius 1 is 1.24 bits per heavy atom. The van der Waals surface area contributed by atoms with Crippen LogP contribution < -0.4 is 0 Å². The van der Waals surface area contributed by atoms with Crippen molar-refractivity contribution in [2.75, 3.05) is 7.05 Å². The molecule has 1 aliphatic heterocycles. The van der Waals surface area contributed by atoms with Crippen LogP contribution in [0.25, 0.3) is 0 Å². The van der Waals surface area contributed by atoms with Crippen molar-refractivity contribution in [3.63, 3.8) is 0 Å². The van der Waals surface area contributed by atoms with E-state index in [0.717, 1.165) is 11.8 Å². The van der Waals surface area contributed by atoms with E-state index in [-0.39, 0.29) is 5.60 Å². The number of hydrogen-bond donors (Lipinski definition) is 0. The third kappa shape index (κ3) is 2.85. The number of hydroxylamine groups is 2. The van der Waals surface area contributed by atoms with Crippen molar-refractivity contribution in [2.45, 2.75) is 77.4 Å². The molecule has 17 heavy (non-hydrogen) atoms. The van der Waals surface area contributed by atoms with Gasteiger partial charge >= 0.3 is 0 Å². The fourth-order valence-electron chi connectivity index (χ4n) is 3.88. The van der Waals surface area contributed by atoms with Crippen LogP contribution in [0.1, 0.15) is 65.7 Å². The monoisotopic (exact) mass is 239 g/mol. The molecule has 2 heteroatoms. The van der Waals surface area contributed by atoms with E-state index in [2.05, 4.69) is 32.9 Å². The van der Waals surface area contributed by atoms with Gasteiger partial charge in [0.05, 0.1) is 5.60 Å². The van der Waals surface area contributed by atoms with E-state index in [4.69, 9.17) is 4.84 Å². The zero-order valence-corrected chi connectivity index (χ0v) is 12.0. The predicted molar refractivity (Wildman–Crippen MR) is 71.7 cm³/mol. The first kappa shape index (κ1) is 13.4. The highest BCUT2D eigenvalue weighted by atomic mass is 16.7. The first-order valence-corrected chi connectivity index (χ1v) is 7.46. The third-order valence-corrected chi connectivity index (χ3v) is 4.88. The van der Waals surface area contributed by atoms with Gasteiger partial charge in [0.1, 0.15) is 0 Å². The van der Waals surface area contributed by atoms with E-state index in [1.165, 1.54) is 44.9 Å². The normalized spacial score (nSPS) is 37.1. The molecule has 3 atom stereocenters. The molecule has 1 heterocycles. The molecule has 0 amide bonds. The highest BCUT2D eigenvalue weighted by Gasteiger charge is 2.49. The Hall–Kier alpha value is -0.0800. The molecule has 0 N–H and O–H groups in total. The summed E-state index contributed by atoms with van der Waals surface area (Å²) in [7, 11) is 2.11. The highest BCUT2D eigenvalue weighted by Crippen LogP contribution is 2.46. The average molecular weight is 239 g/mol. The Morgan fingerprint density at radius 2 is 2.00 bits per heavy atom. The topological polar surface area (TPSA) is 12.5 Å². The maximum Gasteiger partial charge on any atom is 0.0887 e. The van der Waals surface area contributed by atoms with Crippen molar-refractivity contribution in [3.05, 3.63) is 0 Å². The minimum atomic E-state index is 0.0584. The number of rotatable bonds is 4. The molecular weight excluding hydrogens is 210 g/mol. The lowest BCUT2D eigenvalue weighted by Crippen LogP contribution is -2.38. The smallest absolute Gasteiger partial charge is 0.0887 e. The van der Waals surface area contributed by atoms with Crippen LogP contribution in [0.5, 0.6) is 0 Å². The Bertz CT molecular complexity index is 251. The Labute approximate surface area is 107 Å². The van der Waals surface area contributed by atoms with Gasteiger partial charge in [-0.2, -0.15) is 5.06 Å². The maximum absolute atomic E-state index is 6.00. The molecule has 2 rings (SSSR count). The number of unbranched alkanes of at least 4 members (excludes halogenated alkanes) is 2. The average Bonchev–Trinajstić information content (AvgIpc) is 2.50. The summed E-state index contributed by atoms with van der Waals surface area (Å²) in [5.74, 6) is 1.70. The molecular formula is C15H29NO. The lowest BCUT2D eigenvalue weighted by atomic mass is 9.71. The summed E-state index contributed by atoms with van der Waals surface area (Å²) >= 11 is 0. The SMILES string of the molecule is CCCCCC1CCC2C(C1)C(C)(C)ON2C. The van der Waals surface area contributed by atoms with E-state index < -0.39 is 0 Å². The summed E-state index contributed by atoms with van der Waals surface area (Å²) in [5.41, 5.74) is 0.0584. The van der Waals surface area contributed by atoms with Crippen LogP contribution in [0.4, 0.5) is 0 Å². The van der Waals surface area contributed by atoms with E-state index in [1.54, 1.807) is 0 Å². The maximum atomic E-state index is 6.00. The standard InChI is InChI=1S/C15H29NO/c1-5-6-7-8-12-9-10-14-13(11-12)15(2,3)17-16(14)4/h12-14H,5-11H2,1-4H3. The van der Waals surface area contributed by atoms with Gasteiger partial charge in [-0.1, -0.05) is 32.6 Å². The van der Waals surface area contributed by atoms with Gasteiger partial charge in [0.15, 0.2) is 0 Å². The highest BCUT2D eigenvalue weighted by molar-refractivity contribution is 4.96. The zero-order valence-electron chi connectivity index (χ0n) is 12.0. The number of fused-ring (bicyclic) bond motifs is 1. The van der Waals surface area contributed by atoms with Gasteiger partial charge < -0.3 is 0 Å². The van der Waals surface area contributed by atoms with Crippen molar-refractivity contribution in [1.29, 1.82) is 0 Å². The van der Waals surface area contributed by atoms with Crippen molar-refractivity contribution in [2.24, 2.45) is 11.8 Å². The summed E-state index contributed by atoms with van der Waals surface area (Å²) in [6.07, 6.45) is 9.74. The van der Waals surface area contributed by atoms with Crippen molar-refractivity contribution < 1.29 is 4.84 Å². The van der Waals surface area contributed by atoms with E-state index in [9.17, 15) is 0 Å². The zero-order chi connectivity index (χ0) is 12.5. The first-order valence-electron chi connectivity index (χ1n) is 7.46. The molecule has 1 aliphatic carbocycles. The summed E-state index contributed by atoms with van der Waals surface area (Å²) in [6.45, 7) is 6.82. The lowest BCUT2D eigenvalue weighted by molar-refractivity contribution is -0.178. The molecule has 0 aromatic heterocycles. The number of hydrogen-bond acceptors (Lipinski definition) is 2. The van der Waals surface area contributed by atoms with Crippen LogP contribution in [0.2, 0.25) is 0 Å². The quantitative estimate of drug-likeness (QED) is 0.687. The largest absolute Gasteiger partial charge is 0.293 e. The van der Waals surface area contributed by atoms with Gasteiger partial charge in [0.2, 0.25) is 0 Å². The molecule has 0 bridgehead atoms. The van der Waals surface area contributed by atoms with Crippen LogP contribution >= 0.6 is 0 Å². The second kappa shape index (κ2) is 5.27. The van der Waals surface area contributed by atoms with Crippen LogP contribution in [-0.2, 0) is 4.84 Å². The van der Waals surface area contributed by atoms with Crippen molar-refractivity contribution in [3.8, 4) is 0 Å². The summed E-state index contributed by atoms with van der Waals surface area (Å²) in [6, 6.07) is 0.674. The van der Waals surface area contributed by atoms with Crippen LogP contribution in [0.3, 0.4) is 0 Å². The van der Waals surface area contributed by atoms with Crippen molar-refractivity contribution in [1.82, 2.24) is 5.06 Å². The first-order chi connectivity index (χ1) is 8.04. The van der Waals surface area contributed by atoms with E-state index >= 15 is 0 Å². The van der Waals surface area contributed by atoms with E-state index in [0.29, 0.717) is 6.04 Å². The third-order valence-electron chi connectivity index (χ3n) is 4.88. The molecule has 2 nitrogen and oxygen atoms in total. The van der Waals surface area contributed by atoms with Crippen molar-refractivity contribution >= 4 is 0 Å². The number of nitrogens with zero attached hydrogens (tertiary/aromatic N) is 1. The molecule has 1 saturated heterocycles. The Morgan fingerprint density at radius 3 is 2.71 bits per heavy atom. The molecule has 0 spiro atoms. The van der Waals surface area contributed by atoms with Gasteiger partial charge in [0, 0.05) is 19.0 Å². The fraction of sp³-hybridized carbons (Fsp3) is 1.00. The molecule has 0 aromatic carbocycles. The molecule has 0 aromatic rings. The van der Waals surface area contributed by atoms with Gasteiger partial charge in [-0.05, 0) is 39.0 Å². The van der Waals surface area contributed by atoms with Crippen LogP contribution in [0.15, 0.2) is 0 Å².